The van der Waals surface area contributed by atoms with E-state index in [9.17, 15) is 14.4 Å². The molecule has 0 spiro atoms. The zero-order chi connectivity index (χ0) is 17.8. The van der Waals surface area contributed by atoms with E-state index < -0.39 is 5.97 Å². The number of ether oxygens (including phenoxy) is 2. The molecule has 25 heavy (non-hydrogen) atoms. The van der Waals surface area contributed by atoms with Crippen LogP contribution in [0.25, 0.3) is 6.08 Å². The first-order valence-electron chi connectivity index (χ1n) is 7.89. The van der Waals surface area contributed by atoms with Gasteiger partial charge in [-0.15, -0.1) is 0 Å². The lowest BCUT2D eigenvalue weighted by molar-refractivity contribution is -0.145. The van der Waals surface area contributed by atoms with Crippen molar-refractivity contribution in [2.75, 3.05) is 13.2 Å². The molecule has 1 aliphatic rings. The van der Waals surface area contributed by atoms with Crippen LogP contribution in [0, 0.1) is 0 Å². The van der Waals surface area contributed by atoms with Crippen molar-refractivity contribution in [1.82, 2.24) is 0 Å². The summed E-state index contributed by atoms with van der Waals surface area (Å²) in [5, 5.41) is 0. The summed E-state index contributed by atoms with van der Waals surface area (Å²) in [6, 6.07) is 13.6. The Morgan fingerprint density at radius 2 is 1.56 bits per heavy atom. The number of benzene rings is 2. The standard InChI is InChI=1S/C20H16O5/c1-2-24-18(21)12-25-17-10-6-3-7-13(17)11-16-19(22)14-8-4-5-9-15(14)20(16)23/h3-11H,2,12H2,1H3. The molecule has 0 fully saturated rings. The van der Waals surface area contributed by atoms with Gasteiger partial charge in [-0.05, 0) is 19.1 Å². The fraction of sp³-hybridized carbons (Fsp3) is 0.150. The molecular weight excluding hydrogens is 320 g/mol. The highest BCUT2D eigenvalue weighted by Crippen LogP contribution is 2.29. The number of hydrogen-bond donors (Lipinski definition) is 0. The minimum Gasteiger partial charge on any atom is -0.481 e. The van der Waals surface area contributed by atoms with Gasteiger partial charge >= 0.3 is 5.97 Å². The lowest BCUT2D eigenvalue weighted by Crippen LogP contribution is -2.15. The third-order valence-electron chi connectivity index (χ3n) is 3.78. The predicted molar refractivity (Wildman–Crippen MR) is 91.7 cm³/mol. The largest absolute Gasteiger partial charge is 0.481 e. The Bertz CT molecular complexity index is 842. The van der Waals surface area contributed by atoms with Crippen LogP contribution in [0.4, 0.5) is 0 Å². The Labute approximate surface area is 144 Å². The van der Waals surface area contributed by atoms with Crippen molar-refractivity contribution < 1.29 is 23.9 Å². The number of Topliss-reactive ketones (excluding diaryl/α,β-unsaturated/α-hetero) is 2. The minimum absolute atomic E-state index is 0.0911. The summed E-state index contributed by atoms with van der Waals surface area (Å²) in [5.41, 5.74) is 1.46. The maximum Gasteiger partial charge on any atom is 0.344 e. The Morgan fingerprint density at radius 3 is 2.20 bits per heavy atom. The molecule has 0 atom stereocenters. The first-order valence-corrected chi connectivity index (χ1v) is 7.89. The summed E-state index contributed by atoms with van der Waals surface area (Å²) in [7, 11) is 0. The molecule has 0 amide bonds. The third-order valence-corrected chi connectivity index (χ3v) is 3.78. The minimum atomic E-state index is -0.481. The van der Waals surface area contributed by atoms with Crippen molar-refractivity contribution in [1.29, 1.82) is 0 Å². The summed E-state index contributed by atoms with van der Waals surface area (Å²) < 4.78 is 10.3. The molecule has 2 aromatic carbocycles. The number of esters is 1. The first-order chi connectivity index (χ1) is 12.1. The van der Waals surface area contributed by atoms with E-state index in [0.29, 0.717) is 22.4 Å². The Balaban J connectivity index is 1.89. The van der Waals surface area contributed by atoms with E-state index >= 15 is 0 Å². The highest BCUT2D eigenvalue weighted by Gasteiger charge is 2.32. The quantitative estimate of drug-likeness (QED) is 0.477. The monoisotopic (exact) mass is 336 g/mol. The van der Waals surface area contributed by atoms with Crippen LogP contribution in [0.15, 0.2) is 54.1 Å². The predicted octanol–water partition coefficient (Wildman–Crippen LogP) is 3.09. The van der Waals surface area contributed by atoms with Crippen molar-refractivity contribution in [3.63, 3.8) is 0 Å². The second-order valence-electron chi connectivity index (χ2n) is 5.39. The molecule has 3 rings (SSSR count). The van der Waals surface area contributed by atoms with E-state index in [0.717, 1.165) is 0 Å². The fourth-order valence-electron chi connectivity index (χ4n) is 2.63. The van der Waals surface area contributed by atoms with E-state index in [2.05, 4.69) is 0 Å². The van der Waals surface area contributed by atoms with Gasteiger partial charge in [0.05, 0.1) is 12.2 Å². The molecule has 0 bridgehead atoms. The van der Waals surface area contributed by atoms with E-state index in [1.54, 1.807) is 55.5 Å². The van der Waals surface area contributed by atoms with Gasteiger partial charge in [0.15, 0.2) is 18.2 Å². The molecular formula is C20H16O5. The molecule has 126 valence electrons. The van der Waals surface area contributed by atoms with Crippen molar-refractivity contribution in [3.8, 4) is 5.75 Å². The van der Waals surface area contributed by atoms with Crippen LogP contribution in [0.1, 0.15) is 33.2 Å². The van der Waals surface area contributed by atoms with E-state index in [-0.39, 0.29) is 30.4 Å². The van der Waals surface area contributed by atoms with E-state index in [1.807, 2.05) is 0 Å². The van der Waals surface area contributed by atoms with Gasteiger partial charge in [-0.1, -0.05) is 42.5 Å². The molecule has 0 saturated heterocycles. The van der Waals surface area contributed by atoms with Gasteiger partial charge < -0.3 is 9.47 Å². The van der Waals surface area contributed by atoms with Gasteiger partial charge in [0.2, 0.25) is 0 Å². The average Bonchev–Trinajstić information content (AvgIpc) is 2.86. The number of fused-ring (bicyclic) bond motifs is 1. The number of rotatable bonds is 5. The molecule has 0 saturated carbocycles. The molecule has 0 unspecified atom stereocenters. The molecule has 0 aliphatic heterocycles. The van der Waals surface area contributed by atoms with Gasteiger partial charge in [0.1, 0.15) is 5.75 Å². The van der Waals surface area contributed by atoms with E-state index in [4.69, 9.17) is 9.47 Å². The number of hydrogen-bond acceptors (Lipinski definition) is 5. The van der Waals surface area contributed by atoms with Gasteiger partial charge in [-0.2, -0.15) is 0 Å². The summed E-state index contributed by atoms with van der Waals surface area (Å²) in [5.74, 6) is -0.688. The number of allylic oxidation sites excluding steroid dienone is 1. The topological polar surface area (TPSA) is 69.7 Å². The molecule has 0 aromatic heterocycles. The van der Waals surface area contributed by atoms with Crippen LogP contribution in [0.5, 0.6) is 5.75 Å². The molecule has 2 aromatic rings. The first kappa shape index (κ1) is 16.6. The van der Waals surface area contributed by atoms with Crippen molar-refractivity contribution in [2.24, 2.45) is 0 Å². The average molecular weight is 336 g/mol. The van der Waals surface area contributed by atoms with Gasteiger partial charge in [-0.25, -0.2) is 4.79 Å². The molecule has 0 radical (unpaired) electrons. The smallest absolute Gasteiger partial charge is 0.344 e. The SMILES string of the molecule is CCOC(=O)COc1ccccc1C=C1C(=O)c2ccccc2C1=O. The number of ketones is 2. The Kier molecular flexibility index (Phi) is 4.75. The molecule has 0 heterocycles. The van der Waals surface area contributed by atoms with E-state index in [1.165, 1.54) is 6.08 Å². The normalized spacial score (nSPS) is 12.8. The van der Waals surface area contributed by atoms with Crippen LogP contribution < -0.4 is 4.74 Å². The zero-order valence-electron chi connectivity index (χ0n) is 13.7. The molecule has 1 aliphatic carbocycles. The lowest BCUT2D eigenvalue weighted by Gasteiger charge is -2.09. The van der Waals surface area contributed by atoms with Crippen molar-refractivity contribution >= 4 is 23.6 Å². The summed E-state index contributed by atoms with van der Waals surface area (Å²) in [6.45, 7) is 1.75. The van der Waals surface area contributed by atoms with Crippen LogP contribution in [-0.4, -0.2) is 30.7 Å². The number of para-hydroxylation sites is 1. The molecule has 5 nitrogen and oxygen atoms in total. The summed E-state index contributed by atoms with van der Waals surface area (Å²) >= 11 is 0. The van der Waals surface area contributed by atoms with Crippen LogP contribution >= 0.6 is 0 Å². The van der Waals surface area contributed by atoms with Gasteiger partial charge in [0.25, 0.3) is 0 Å². The zero-order valence-corrected chi connectivity index (χ0v) is 13.7. The highest BCUT2D eigenvalue weighted by molar-refractivity contribution is 6.41. The highest BCUT2D eigenvalue weighted by atomic mass is 16.6. The Hall–Kier alpha value is -3.21. The lowest BCUT2D eigenvalue weighted by atomic mass is 10.1. The van der Waals surface area contributed by atoms with Crippen LogP contribution in [0.2, 0.25) is 0 Å². The maximum atomic E-state index is 12.5. The molecule has 5 heteroatoms. The number of carbonyl (C=O) groups is 3. The van der Waals surface area contributed by atoms with Gasteiger partial charge in [0, 0.05) is 16.7 Å². The second-order valence-corrected chi connectivity index (χ2v) is 5.39. The maximum absolute atomic E-state index is 12.5. The summed E-state index contributed by atoms with van der Waals surface area (Å²) in [4.78, 5) is 36.4. The third kappa shape index (κ3) is 3.35. The number of carbonyl (C=O) groups excluding carboxylic acids is 3. The molecule has 0 N–H and O–H groups in total. The Morgan fingerprint density at radius 1 is 0.960 bits per heavy atom. The summed E-state index contributed by atoms with van der Waals surface area (Å²) in [6.07, 6.45) is 1.51. The van der Waals surface area contributed by atoms with Crippen LogP contribution in [0.3, 0.4) is 0 Å². The second kappa shape index (κ2) is 7.13. The van der Waals surface area contributed by atoms with Crippen molar-refractivity contribution in [2.45, 2.75) is 6.92 Å². The van der Waals surface area contributed by atoms with Crippen LogP contribution in [-0.2, 0) is 9.53 Å². The fourth-order valence-corrected chi connectivity index (χ4v) is 2.63. The van der Waals surface area contributed by atoms with Gasteiger partial charge in [-0.3, -0.25) is 9.59 Å². The van der Waals surface area contributed by atoms with Crippen molar-refractivity contribution in [3.05, 3.63) is 70.8 Å².